The van der Waals surface area contributed by atoms with E-state index in [0.29, 0.717) is 5.01 Å². The summed E-state index contributed by atoms with van der Waals surface area (Å²) < 4.78 is 0. The van der Waals surface area contributed by atoms with Crippen molar-refractivity contribution in [1.82, 2.24) is 4.98 Å². The van der Waals surface area contributed by atoms with Gasteiger partial charge in [-0.25, -0.2) is 4.98 Å². The summed E-state index contributed by atoms with van der Waals surface area (Å²) in [4.78, 5) is 25.3. The van der Waals surface area contributed by atoms with Gasteiger partial charge in [0.05, 0.1) is 17.6 Å². The molecule has 21 heavy (non-hydrogen) atoms. The maximum atomic E-state index is 10.6. The number of benzene rings is 1. The largest absolute Gasteiger partial charge is 1.00 e. The van der Waals surface area contributed by atoms with Crippen molar-refractivity contribution in [3.8, 4) is 10.6 Å². The van der Waals surface area contributed by atoms with Crippen molar-refractivity contribution < 1.29 is 123 Å². The van der Waals surface area contributed by atoms with Gasteiger partial charge in [0.25, 0.3) is 0 Å². The summed E-state index contributed by atoms with van der Waals surface area (Å²) in [5.41, 5.74) is 0.188. The number of carbonyl (C=O) groups excluding carboxylic acids is 2. The fourth-order valence-electron chi connectivity index (χ4n) is 1.41. The molecule has 0 atom stereocenters. The molecule has 1 aromatic heterocycles. The molecule has 0 aliphatic carbocycles. The molecule has 8 heteroatoms. The minimum Gasteiger partial charge on any atom is -0.545 e. The third-order valence-corrected chi connectivity index (χ3v) is 3.18. The molecule has 0 fully saturated rings. The molecule has 0 saturated heterocycles. The van der Waals surface area contributed by atoms with E-state index in [1.54, 1.807) is 5.38 Å². The second-order valence-electron chi connectivity index (χ2n) is 3.58. The fraction of sp³-hybridized carbons (Fsp3) is 0. The van der Waals surface area contributed by atoms with Crippen LogP contribution in [-0.2, 0) is 9.59 Å². The van der Waals surface area contributed by atoms with Gasteiger partial charge in [0, 0.05) is 16.5 Å². The van der Waals surface area contributed by atoms with Crippen LogP contribution >= 0.6 is 11.3 Å². The average Bonchev–Trinajstić information content (AvgIpc) is 2.85. The van der Waals surface area contributed by atoms with Crippen molar-refractivity contribution in [2.45, 2.75) is 0 Å². The van der Waals surface area contributed by atoms with Gasteiger partial charge in [-0.15, -0.1) is 11.3 Å². The zero-order valence-corrected chi connectivity index (χ0v) is 18.6. The van der Waals surface area contributed by atoms with Crippen molar-refractivity contribution in [2.24, 2.45) is 0 Å². The number of thiazole rings is 1. The number of aliphatic carboxylic acids is 2. The maximum absolute atomic E-state index is 10.6. The fourth-order valence-corrected chi connectivity index (χ4v) is 2.20. The number of aromatic nitrogens is 1. The first-order valence-electron chi connectivity index (χ1n) is 5.23. The molecule has 1 heterocycles. The molecule has 0 radical (unpaired) electrons. The summed E-state index contributed by atoms with van der Waals surface area (Å²) >= 11 is 1.29. The van der Waals surface area contributed by atoms with E-state index in [2.05, 4.69) is 4.98 Å². The van der Waals surface area contributed by atoms with Crippen LogP contribution in [0.1, 0.15) is 5.69 Å². The Morgan fingerprint density at radius 1 is 1.05 bits per heavy atom. The Bertz CT molecular complexity index is 639. The van der Waals surface area contributed by atoms with E-state index in [9.17, 15) is 19.8 Å². The van der Waals surface area contributed by atoms with Crippen molar-refractivity contribution in [1.29, 1.82) is 0 Å². The Morgan fingerprint density at radius 2 is 1.62 bits per heavy atom. The summed E-state index contributed by atoms with van der Waals surface area (Å²) in [6.45, 7) is 0. The van der Waals surface area contributed by atoms with E-state index in [4.69, 9.17) is 0 Å². The van der Waals surface area contributed by atoms with Crippen molar-refractivity contribution in [3.63, 3.8) is 0 Å². The van der Waals surface area contributed by atoms with Gasteiger partial charge in [-0.3, -0.25) is 0 Å². The van der Waals surface area contributed by atoms with E-state index < -0.39 is 17.5 Å². The molecule has 5 nitrogen and oxygen atoms in total. The molecule has 1 aromatic carbocycles. The SMILES string of the molecule is O=C([O-])C(=Cc1csc(-c2ccccc2)n1)C(=O)[O-].[K+].[K+]. The topological polar surface area (TPSA) is 93.2 Å². The van der Waals surface area contributed by atoms with Crippen LogP contribution in [0.4, 0.5) is 0 Å². The Hall–Kier alpha value is 0.803. The van der Waals surface area contributed by atoms with Crippen LogP contribution in [0.2, 0.25) is 0 Å². The van der Waals surface area contributed by atoms with Crippen molar-refractivity contribution in [3.05, 3.63) is 47.0 Å². The minimum absolute atomic E-state index is 0. The van der Waals surface area contributed by atoms with E-state index in [1.807, 2.05) is 30.3 Å². The zero-order valence-electron chi connectivity index (χ0n) is 11.5. The van der Waals surface area contributed by atoms with Crippen LogP contribution in [-0.4, -0.2) is 16.9 Å². The smallest absolute Gasteiger partial charge is 0.545 e. The minimum atomic E-state index is -1.80. The predicted octanol–water partition coefficient (Wildman–Crippen LogP) is -6.30. The number of carboxylic acids is 2. The molecule has 2 rings (SSSR count). The van der Waals surface area contributed by atoms with Gasteiger partial charge in [0.2, 0.25) is 0 Å². The van der Waals surface area contributed by atoms with Crippen LogP contribution in [0.25, 0.3) is 16.6 Å². The van der Waals surface area contributed by atoms with Gasteiger partial charge in [-0.1, -0.05) is 30.3 Å². The number of nitrogens with zero attached hydrogens (tertiary/aromatic N) is 1. The summed E-state index contributed by atoms with van der Waals surface area (Å²) in [5.74, 6) is -3.59. The van der Waals surface area contributed by atoms with Crippen LogP contribution in [0.5, 0.6) is 0 Å². The van der Waals surface area contributed by atoms with Gasteiger partial charge in [-0.05, 0) is 6.08 Å². The standard InChI is InChI=1S/C13H9NO4S.2K/c15-12(16)10(13(17)18)6-9-7-19-11(14-9)8-4-2-1-3-5-8;;/h1-7H,(H,15,16)(H,17,18);;/q;2*+1/p-2. The quantitative estimate of drug-likeness (QED) is 0.236. The Kier molecular flexibility index (Phi) is 11.0. The molecule has 0 unspecified atom stereocenters. The number of carboxylic acid groups (broad SMARTS) is 2. The second-order valence-corrected chi connectivity index (χ2v) is 4.43. The Labute approximate surface area is 210 Å². The van der Waals surface area contributed by atoms with Crippen LogP contribution < -0.4 is 113 Å². The molecule has 0 spiro atoms. The van der Waals surface area contributed by atoms with Crippen LogP contribution in [0.15, 0.2) is 41.3 Å². The first-order chi connectivity index (χ1) is 9.08. The van der Waals surface area contributed by atoms with Gasteiger partial charge in [0.1, 0.15) is 5.01 Å². The number of hydrogen-bond acceptors (Lipinski definition) is 6. The molecule has 0 aliphatic rings. The predicted molar refractivity (Wildman–Crippen MR) is 65.5 cm³/mol. The average molecular weight is 351 g/mol. The molecule has 96 valence electrons. The van der Waals surface area contributed by atoms with Crippen LogP contribution in [0, 0.1) is 0 Å². The number of hydrogen-bond donors (Lipinski definition) is 0. The van der Waals surface area contributed by atoms with Gasteiger partial charge in [0.15, 0.2) is 0 Å². The summed E-state index contributed by atoms with van der Waals surface area (Å²) in [7, 11) is 0. The molecule has 0 amide bonds. The molecule has 0 aliphatic heterocycles. The van der Waals surface area contributed by atoms with Gasteiger partial charge >= 0.3 is 103 Å². The zero-order chi connectivity index (χ0) is 13.8. The first-order valence-corrected chi connectivity index (χ1v) is 6.11. The first kappa shape index (κ1) is 21.8. The van der Waals surface area contributed by atoms with Crippen LogP contribution in [0.3, 0.4) is 0 Å². The van der Waals surface area contributed by atoms with E-state index in [0.717, 1.165) is 11.6 Å². The van der Waals surface area contributed by atoms with Crippen molar-refractivity contribution in [2.75, 3.05) is 0 Å². The number of rotatable bonds is 4. The molecule has 0 saturated carbocycles. The summed E-state index contributed by atoms with van der Waals surface area (Å²) in [6.07, 6.45) is 0.924. The van der Waals surface area contributed by atoms with E-state index in [1.165, 1.54) is 11.3 Å². The Morgan fingerprint density at radius 3 is 2.14 bits per heavy atom. The summed E-state index contributed by atoms with van der Waals surface area (Å²) in [6, 6.07) is 9.26. The normalized spacial score (nSPS) is 8.95. The van der Waals surface area contributed by atoms with Crippen molar-refractivity contribution >= 4 is 29.4 Å². The number of carbonyl (C=O) groups is 2. The molecule has 0 N–H and O–H groups in total. The van der Waals surface area contributed by atoms with E-state index in [-0.39, 0.29) is 108 Å². The van der Waals surface area contributed by atoms with E-state index >= 15 is 0 Å². The Balaban J connectivity index is 0.00000200. The molecular weight excluding hydrogens is 344 g/mol. The van der Waals surface area contributed by atoms with Gasteiger partial charge in [-0.2, -0.15) is 0 Å². The van der Waals surface area contributed by atoms with Gasteiger partial charge < -0.3 is 19.8 Å². The third-order valence-electron chi connectivity index (χ3n) is 2.27. The molecule has 2 aromatic rings. The monoisotopic (exact) mass is 351 g/mol. The molecular formula is C13H7K2NO4S. The second kappa shape index (κ2) is 10.6. The third kappa shape index (κ3) is 6.44. The maximum Gasteiger partial charge on any atom is 1.00 e. The molecule has 0 bridgehead atoms. The summed E-state index contributed by atoms with van der Waals surface area (Å²) in [5, 5.41) is 23.4.